The molecule has 0 spiro atoms. The Hall–Kier alpha value is -3.82. The average molecular weight is 492 g/mol. The molecule has 4 atom stereocenters. The molecule has 2 aliphatic rings. The van der Waals surface area contributed by atoms with Gasteiger partial charge >= 0.3 is 0 Å². The number of ether oxygens (including phenoxy) is 2. The van der Waals surface area contributed by atoms with E-state index in [4.69, 9.17) is 9.47 Å². The predicted molar refractivity (Wildman–Crippen MR) is 129 cm³/mol. The number of rotatable bonds is 7. The second-order valence-corrected chi connectivity index (χ2v) is 8.92. The number of nitrogens with zero attached hydrogens (tertiary/aromatic N) is 1. The third kappa shape index (κ3) is 5.07. The molecule has 3 N–H and O–H groups in total. The highest BCUT2D eigenvalue weighted by molar-refractivity contribution is 6.04. The molecule has 1 saturated heterocycles. The molecule has 3 heterocycles. The molecule has 186 valence electrons. The lowest BCUT2D eigenvalue weighted by molar-refractivity contribution is -0.142. The van der Waals surface area contributed by atoms with Gasteiger partial charge in [0.1, 0.15) is 23.8 Å². The number of fused-ring (bicyclic) bond motifs is 3. The molecule has 0 bridgehead atoms. The maximum absolute atomic E-state index is 13.8. The van der Waals surface area contributed by atoms with E-state index in [0.29, 0.717) is 29.0 Å². The van der Waals surface area contributed by atoms with Gasteiger partial charge in [-0.25, -0.2) is 4.39 Å². The molecule has 0 radical (unpaired) electrons. The Kier molecular flexibility index (Phi) is 6.92. The number of pyridine rings is 1. The third-order valence-corrected chi connectivity index (χ3v) is 6.53. The van der Waals surface area contributed by atoms with Gasteiger partial charge in [-0.1, -0.05) is 18.2 Å². The van der Waals surface area contributed by atoms with Crippen LogP contribution in [0.25, 0.3) is 0 Å². The van der Waals surface area contributed by atoms with Crippen LogP contribution >= 0.6 is 0 Å². The first-order valence-electron chi connectivity index (χ1n) is 11.8. The van der Waals surface area contributed by atoms with Gasteiger partial charge in [-0.15, -0.1) is 0 Å². The predicted octanol–water partition coefficient (Wildman–Crippen LogP) is 3.17. The van der Waals surface area contributed by atoms with E-state index in [1.165, 1.54) is 12.3 Å². The van der Waals surface area contributed by atoms with E-state index in [1.54, 1.807) is 48.7 Å². The Bertz CT molecular complexity index is 1260. The van der Waals surface area contributed by atoms with Crippen LogP contribution in [-0.4, -0.2) is 46.8 Å². The number of benzene rings is 2. The van der Waals surface area contributed by atoms with E-state index in [1.807, 2.05) is 6.07 Å². The van der Waals surface area contributed by atoms with Gasteiger partial charge < -0.3 is 25.2 Å². The van der Waals surface area contributed by atoms with Crippen molar-refractivity contribution in [1.82, 2.24) is 10.3 Å². The van der Waals surface area contributed by atoms with Gasteiger partial charge in [0.15, 0.2) is 0 Å². The standard InChI is InChI=1S/C27H26FN3O5/c28-22-6-2-1-4-16(22)14-30-25(33)12-19-11-21-20-10-18(31-27(34)17-5-3-9-29-13-17)7-8-23(20)36-26(21)24(15-32)35-19/h1-10,13,19,21,24,26,32H,11-12,14-15H2,(H,30,33)(H,31,34)/t19-,21+,24-,26-/m1/s1. The number of hydrogen-bond acceptors (Lipinski definition) is 6. The van der Waals surface area contributed by atoms with Crippen LogP contribution in [0.5, 0.6) is 5.75 Å². The van der Waals surface area contributed by atoms with Crippen molar-refractivity contribution in [3.8, 4) is 5.75 Å². The van der Waals surface area contributed by atoms with Crippen molar-refractivity contribution in [2.24, 2.45) is 0 Å². The van der Waals surface area contributed by atoms with Gasteiger partial charge in [-0.05, 0) is 42.8 Å². The molecule has 1 fully saturated rings. The van der Waals surface area contributed by atoms with Crippen LogP contribution in [0, 0.1) is 5.82 Å². The number of hydrogen-bond donors (Lipinski definition) is 3. The van der Waals surface area contributed by atoms with E-state index < -0.39 is 18.3 Å². The SMILES string of the molecule is O=C(C[C@H]1C[C@H]2c3cc(NC(=O)c4cccnc4)ccc3O[C@H]2[C@@H](CO)O1)NCc1ccccc1F. The maximum Gasteiger partial charge on any atom is 0.257 e. The van der Waals surface area contributed by atoms with Crippen LogP contribution in [0.3, 0.4) is 0 Å². The first-order chi connectivity index (χ1) is 17.5. The van der Waals surface area contributed by atoms with E-state index in [9.17, 15) is 19.1 Å². The van der Waals surface area contributed by atoms with E-state index in [-0.39, 0.29) is 43.1 Å². The lowest BCUT2D eigenvalue weighted by Gasteiger charge is -2.37. The molecule has 9 heteroatoms. The van der Waals surface area contributed by atoms with Crippen molar-refractivity contribution >= 4 is 17.5 Å². The average Bonchev–Trinajstić information content (AvgIpc) is 3.26. The number of aliphatic hydroxyl groups excluding tert-OH is 1. The van der Waals surface area contributed by atoms with Crippen LogP contribution in [0.4, 0.5) is 10.1 Å². The third-order valence-electron chi connectivity index (χ3n) is 6.53. The highest BCUT2D eigenvalue weighted by Crippen LogP contribution is 2.47. The Morgan fingerprint density at radius 2 is 2.00 bits per heavy atom. The van der Waals surface area contributed by atoms with E-state index >= 15 is 0 Å². The summed E-state index contributed by atoms with van der Waals surface area (Å²) >= 11 is 0. The highest BCUT2D eigenvalue weighted by atomic mass is 19.1. The Labute approximate surface area is 207 Å². The smallest absolute Gasteiger partial charge is 0.257 e. The van der Waals surface area contributed by atoms with Crippen LogP contribution in [0.1, 0.15) is 40.2 Å². The summed E-state index contributed by atoms with van der Waals surface area (Å²) in [5, 5.41) is 15.6. The minimum atomic E-state index is -0.603. The topological polar surface area (TPSA) is 110 Å². The summed E-state index contributed by atoms with van der Waals surface area (Å²) in [4.78, 5) is 29.1. The second-order valence-electron chi connectivity index (χ2n) is 8.92. The number of aliphatic hydroxyl groups is 1. The molecule has 3 aromatic rings. The van der Waals surface area contributed by atoms with Crippen molar-refractivity contribution in [2.75, 3.05) is 11.9 Å². The zero-order valence-corrected chi connectivity index (χ0v) is 19.4. The molecule has 8 nitrogen and oxygen atoms in total. The maximum atomic E-state index is 13.8. The number of carbonyl (C=O) groups is 2. The lowest BCUT2D eigenvalue weighted by Crippen LogP contribution is -2.47. The van der Waals surface area contributed by atoms with Crippen molar-refractivity contribution < 1.29 is 28.6 Å². The quantitative estimate of drug-likeness (QED) is 0.468. The molecule has 0 saturated carbocycles. The monoisotopic (exact) mass is 491 g/mol. The largest absolute Gasteiger partial charge is 0.487 e. The molecule has 0 unspecified atom stereocenters. The first-order valence-corrected chi connectivity index (χ1v) is 11.8. The second kappa shape index (κ2) is 10.4. The van der Waals surface area contributed by atoms with Gasteiger partial charge in [-0.2, -0.15) is 0 Å². The molecule has 0 aliphatic carbocycles. The molecule has 2 amide bonds. The molecule has 5 rings (SSSR count). The van der Waals surface area contributed by atoms with Crippen molar-refractivity contribution in [3.63, 3.8) is 0 Å². The Morgan fingerprint density at radius 3 is 2.78 bits per heavy atom. The van der Waals surface area contributed by atoms with Gasteiger partial charge in [0.25, 0.3) is 5.91 Å². The Balaban J connectivity index is 1.26. The minimum absolute atomic E-state index is 0.0704. The van der Waals surface area contributed by atoms with Crippen molar-refractivity contribution in [1.29, 1.82) is 0 Å². The fraction of sp³-hybridized carbons (Fsp3) is 0.296. The lowest BCUT2D eigenvalue weighted by atomic mass is 9.84. The van der Waals surface area contributed by atoms with Crippen LogP contribution < -0.4 is 15.4 Å². The molecule has 36 heavy (non-hydrogen) atoms. The molecule has 1 aromatic heterocycles. The summed E-state index contributed by atoms with van der Waals surface area (Å²) < 4.78 is 25.9. The zero-order chi connectivity index (χ0) is 25.1. The summed E-state index contributed by atoms with van der Waals surface area (Å²) in [5.41, 5.74) is 2.35. The number of nitrogens with one attached hydrogen (secondary N) is 2. The zero-order valence-electron chi connectivity index (χ0n) is 19.4. The normalized spacial score (nSPS) is 22.2. The van der Waals surface area contributed by atoms with E-state index in [0.717, 1.165) is 5.56 Å². The van der Waals surface area contributed by atoms with Gasteiger partial charge in [-0.3, -0.25) is 14.6 Å². The summed E-state index contributed by atoms with van der Waals surface area (Å²) in [5.74, 6) is -0.374. The molecular weight excluding hydrogens is 465 g/mol. The van der Waals surface area contributed by atoms with Crippen LogP contribution in [0.2, 0.25) is 0 Å². The van der Waals surface area contributed by atoms with Crippen LogP contribution in [0.15, 0.2) is 67.0 Å². The van der Waals surface area contributed by atoms with Crippen molar-refractivity contribution in [2.45, 2.75) is 43.6 Å². The number of aromatic nitrogens is 1. The molecule has 2 aromatic carbocycles. The fourth-order valence-electron chi connectivity index (χ4n) is 4.78. The summed E-state index contributed by atoms with van der Waals surface area (Å²) in [6.07, 6.45) is 2.22. The Morgan fingerprint density at radius 1 is 1.14 bits per heavy atom. The van der Waals surface area contributed by atoms with Gasteiger partial charge in [0.05, 0.1) is 24.7 Å². The van der Waals surface area contributed by atoms with Gasteiger partial charge in [0, 0.05) is 41.7 Å². The minimum Gasteiger partial charge on any atom is -0.487 e. The number of carbonyl (C=O) groups excluding carboxylic acids is 2. The fourth-order valence-corrected chi connectivity index (χ4v) is 4.78. The first kappa shape index (κ1) is 23.9. The summed E-state index contributed by atoms with van der Waals surface area (Å²) in [7, 11) is 0. The highest BCUT2D eigenvalue weighted by Gasteiger charge is 2.46. The van der Waals surface area contributed by atoms with E-state index in [2.05, 4.69) is 15.6 Å². The number of amides is 2. The van der Waals surface area contributed by atoms with Gasteiger partial charge in [0.2, 0.25) is 5.91 Å². The molecular formula is C27H26FN3O5. The number of anilines is 1. The van der Waals surface area contributed by atoms with Crippen LogP contribution in [-0.2, 0) is 16.1 Å². The van der Waals surface area contributed by atoms with Crippen molar-refractivity contribution in [3.05, 3.63) is 89.5 Å². The summed E-state index contributed by atoms with van der Waals surface area (Å²) in [6, 6.07) is 15.1. The molecule has 2 aliphatic heterocycles. The number of halogens is 1. The summed E-state index contributed by atoms with van der Waals surface area (Å²) in [6.45, 7) is -0.174.